The third kappa shape index (κ3) is 4.96. The van der Waals surface area contributed by atoms with Crippen molar-refractivity contribution in [3.8, 4) is 0 Å². The molecule has 0 saturated carbocycles. The highest BCUT2D eigenvalue weighted by Crippen LogP contribution is 2.20. The van der Waals surface area contributed by atoms with Gasteiger partial charge in [-0.2, -0.15) is 0 Å². The van der Waals surface area contributed by atoms with Crippen LogP contribution in [0, 0.1) is 5.92 Å². The van der Waals surface area contributed by atoms with Crippen molar-refractivity contribution in [2.75, 3.05) is 6.61 Å². The summed E-state index contributed by atoms with van der Waals surface area (Å²) in [5.74, 6) is -0.982. The fourth-order valence-electron chi connectivity index (χ4n) is 3.53. The van der Waals surface area contributed by atoms with E-state index in [4.69, 9.17) is 4.74 Å². The number of hydrogen-bond acceptors (Lipinski definition) is 6. The Bertz CT molecular complexity index is 1240. The number of aromatic nitrogens is 4. The van der Waals surface area contributed by atoms with Gasteiger partial charge in [0.15, 0.2) is 17.8 Å². The molecule has 10 heteroatoms. The Morgan fingerprint density at radius 1 is 1.12 bits per heavy atom. The third-order valence-electron chi connectivity index (χ3n) is 5.10. The smallest absolute Gasteiger partial charge is 0.333 e. The van der Waals surface area contributed by atoms with Crippen molar-refractivity contribution in [1.29, 1.82) is 0 Å². The van der Waals surface area contributed by atoms with E-state index in [9.17, 15) is 19.2 Å². The van der Waals surface area contributed by atoms with Gasteiger partial charge in [-0.05, 0) is 17.9 Å². The first-order valence-electron chi connectivity index (χ1n) is 10.3. The molecule has 1 N–H and O–H groups in total. The average Bonchev–Trinajstić information content (AvgIpc) is 3.15. The van der Waals surface area contributed by atoms with Gasteiger partial charge in [-0.25, -0.2) is 14.3 Å². The van der Waals surface area contributed by atoms with Crippen LogP contribution in [-0.2, 0) is 35.0 Å². The summed E-state index contributed by atoms with van der Waals surface area (Å²) in [6, 6.07) is 9.32. The number of amides is 1. The molecule has 0 spiro atoms. The zero-order valence-corrected chi connectivity index (χ0v) is 18.6. The van der Waals surface area contributed by atoms with E-state index in [1.54, 1.807) is 7.05 Å². The van der Waals surface area contributed by atoms with Gasteiger partial charge in [0.05, 0.1) is 12.4 Å². The quantitative estimate of drug-likeness (QED) is 0.519. The van der Waals surface area contributed by atoms with Crippen LogP contribution in [0.15, 0.2) is 46.2 Å². The van der Waals surface area contributed by atoms with Crippen molar-refractivity contribution < 1.29 is 14.3 Å². The number of benzene rings is 1. The predicted octanol–water partition coefficient (Wildman–Crippen LogP) is 0.881. The molecule has 0 radical (unpaired) electrons. The van der Waals surface area contributed by atoms with Crippen LogP contribution < -0.4 is 16.6 Å². The number of imidazole rings is 1. The molecule has 3 rings (SSSR count). The second kappa shape index (κ2) is 9.63. The molecule has 1 aromatic carbocycles. The maximum atomic E-state index is 12.7. The molecule has 1 atom stereocenters. The van der Waals surface area contributed by atoms with E-state index in [1.807, 2.05) is 30.3 Å². The average molecular weight is 441 g/mol. The third-order valence-corrected chi connectivity index (χ3v) is 5.10. The van der Waals surface area contributed by atoms with Crippen molar-refractivity contribution in [2.45, 2.75) is 32.9 Å². The lowest BCUT2D eigenvalue weighted by molar-refractivity contribution is -0.149. The molecule has 0 bridgehead atoms. The number of ether oxygens (including phenoxy) is 1. The van der Waals surface area contributed by atoms with E-state index in [-0.39, 0.29) is 17.2 Å². The normalized spacial score (nSPS) is 12.2. The Labute approximate surface area is 184 Å². The van der Waals surface area contributed by atoms with Gasteiger partial charge >= 0.3 is 11.7 Å². The first-order chi connectivity index (χ1) is 15.2. The zero-order chi connectivity index (χ0) is 23.4. The van der Waals surface area contributed by atoms with E-state index < -0.39 is 36.3 Å². The van der Waals surface area contributed by atoms with E-state index in [2.05, 4.69) is 24.1 Å². The molecule has 170 valence electrons. The molecule has 0 aliphatic carbocycles. The Morgan fingerprint density at radius 2 is 1.81 bits per heavy atom. The Balaban J connectivity index is 1.67. The highest BCUT2D eigenvalue weighted by atomic mass is 16.5. The van der Waals surface area contributed by atoms with Crippen molar-refractivity contribution >= 4 is 23.0 Å². The molecule has 2 heterocycles. The lowest BCUT2D eigenvalue weighted by atomic mass is 9.97. The minimum absolute atomic E-state index is 0.192. The lowest BCUT2D eigenvalue weighted by Gasteiger charge is -2.21. The monoisotopic (exact) mass is 441 g/mol. The number of carbonyl (C=O) groups is 2. The number of aryl methyl sites for hydroxylation is 2. The van der Waals surface area contributed by atoms with E-state index in [0.29, 0.717) is 5.92 Å². The number of fused-ring (bicyclic) bond motifs is 1. The minimum atomic E-state index is -0.860. The topological polar surface area (TPSA) is 117 Å². The molecule has 0 aliphatic heterocycles. The molecule has 2 aromatic heterocycles. The summed E-state index contributed by atoms with van der Waals surface area (Å²) >= 11 is 0. The zero-order valence-electron chi connectivity index (χ0n) is 18.6. The van der Waals surface area contributed by atoms with Crippen molar-refractivity contribution in [3.05, 3.63) is 63.1 Å². The van der Waals surface area contributed by atoms with E-state index >= 15 is 0 Å². The van der Waals surface area contributed by atoms with Crippen LogP contribution in [0.3, 0.4) is 0 Å². The fraction of sp³-hybridized carbons (Fsp3) is 0.409. The second-order valence-corrected chi connectivity index (χ2v) is 8.08. The van der Waals surface area contributed by atoms with E-state index in [1.165, 1.54) is 22.5 Å². The molecule has 0 fully saturated rings. The highest BCUT2D eigenvalue weighted by Gasteiger charge is 2.20. The number of nitrogens with zero attached hydrogens (tertiary/aromatic N) is 4. The molecule has 0 saturated heterocycles. The molecule has 3 aromatic rings. The van der Waals surface area contributed by atoms with Crippen molar-refractivity contribution in [2.24, 2.45) is 20.0 Å². The maximum Gasteiger partial charge on any atom is 0.333 e. The van der Waals surface area contributed by atoms with Gasteiger partial charge < -0.3 is 14.6 Å². The van der Waals surface area contributed by atoms with Gasteiger partial charge in [0.2, 0.25) is 0 Å². The molecule has 1 amide bonds. The summed E-state index contributed by atoms with van der Waals surface area (Å²) in [6.45, 7) is 3.00. The van der Waals surface area contributed by atoms with Gasteiger partial charge in [-0.1, -0.05) is 44.2 Å². The highest BCUT2D eigenvalue weighted by molar-refractivity contribution is 5.81. The Hall–Kier alpha value is -3.69. The number of nitrogens with one attached hydrogen (secondary N) is 1. The molecule has 1 unspecified atom stereocenters. The van der Waals surface area contributed by atoms with Crippen LogP contribution in [0.5, 0.6) is 0 Å². The summed E-state index contributed by atoms with van der Waals surface area (Å²) in [5.41, 5.74) is 0.0373. The number of rotatable bonds is 8. The van der Waals surface area contributed by atoms with Gasteiger partial charge in [0.25, 0.3) is 11.5 Å². The fourth-order valence-corrected chi connectivity index (χ4v) is 3.53. The van der Waals surface area contributed by atoms with Gasteiger partial charge in [-0.3, -0.25) is 19.0 Å². The van der Waals surface area contributed by atoms with Gasteiger partial charge in [-0.15, -0.1) is 0 Å². The van der Waals surface area contributed by atoms with Crippen LogP contribution in [0.2, 0.25) is 0 Å². The molecular formula is C22H27N5O5. The summed E-state index contributed by atoms with van der Waals surface area (Å²) in [4.78, 5) is 53.9. The largest absolute Gasteiger partial charge is 0.454 e. The number of hydrogen-bond donors (Lipinski definition) is 1. The lowest BCUT2D eigenvalue weighted by Crippen LogP contribution is -2.42. The van der Waals surface area contributed by atoms with Crippen LogP contribution in [0.1, 0.15) is 31.9 Å². The minimum Gasteiger partial charge on any atom is -0.454 e. The van der Waals surface area contributed by atoms with Gasteiger partial charge in [0, 0.05) is 14.1 Å². The van der Waals surface area contributed by atoms with Crippen LogP contribution in [0.4, 0.5) is 0 Å². The van der Waals surface area contributed by atoms with Crippen LogP contribution in [-0.4, -0.2) is 37.2 Å². The first kappa shape index (κ1) is 23.0. The molecule has 0 aliphatic rings. The second-order valence-electron chi connectivity index (χ2n) is 8.08. The Morgan fingerprint density at radius 3 is 2.47 bits per heavy atom. The van der Waals surface area contributed by atoms with Crippen molar-refractivity contribution in [3.63, 3.8) is 0 Å². The SMILES string of the molecule is CC(C)CC(NC(=O)COC(=O)Cn1c(=O)c2c(ncn2C)n(C)c1=O)c1ccccc1. The number of carbonyl (C=O) groups excluding carboxylic acids is 2. The molecule has 10 nitrogen and oxygen atoms in total. The Kier molecular flexibility index (Phi) is 6.92. The summed E-state index contributed by atoms with van der Waals surface area (Å²) in [5, 5.41) is 2.88. The maximum absolute atomic E-state index is 12.7. The summed E-state index contributed by atoms with van der Waals surface area (Å²) in [7, 11) is 3.08. The van der Waals surface area contributed by atoms with Crippen LogP contribution in [0.25, 0.3) is 11.2 Å². The van der Waals surface area contributed by atoms with Crippen molar-refractivity contribution in [1.82, 2.24) is 24.0 Å². The summed E-state index contributed by atoms with van der Waals surface area (Å²) < 4.78 is 8.48. The van der Waals surface area contributed by atoms with Crippen LogP contribution >= 0.6 is 0 Å². The van der Waals surface area contributed by atoms with E-state index in [0.717, 1.165) is 16.6 Å². The standard InChI is InChI=1S/C22H27N5O5/c1-14(2)10-16(15-8-6-5-7-9-15)24-17(28)12-32-18(29)11-27-21(30)19-20(23-13-25(19)3)26(4)22(27)31/h5-9,13-14,16H,10-12H2,1-4H3,(H,24,28). The number of esters is 1. The molecular weight excluding hydrogens is 414 g/mol. The molecule has 32 heavy (non-hydrogen) atoms. The van der Waals surface area contributed by atoms with Gasteiger partial charge in [0.1, 0.15) is 6.54 Å². The first-order valence-corrected chi connectivity index (χ1v) is 10.3. The predicted molar refractivity (Wildman–Crippen MR) is 118 cm³/mol. The summed E-state index contributed by atoms with van der Waals surface area (Å²) in [6.07, 6.45) is 2.14.